The highest BCUT2D eigenvalue weighted by atomic mass is 35.5. The molecule has 0 fully saturated rings. The molecule has 2 aliphatic rings. The SMILES string of the molecule is O=c1c2c([nH]n1Cc1ccc(Cl)cc1)CN(CC1=CCCC=C1)CC2. The number of fused-ring (bicyclic) bond motifs is 1. The predicted octanol–water partition coefficient (Wildman–Crippen LogP) is 3.51. The minimum absolute atomic E-state index is 0.112. The maximum atomic E-state index is 12.6. The minimum Gasteiger partial charge on any atom is -0.298 e. The molecular formula is C20H22ClN3O. The summed E-state index contributed by atoms with van der Waals surface area (Å²) in [4.78, 5) is 15.1. The van der Waals surface area contributed by atoms with E-state index in [1.54, 1.807) is 4.68 Å². The van der Waals surface area contributed by atoms with Gasteiger partial charge in [-0.15, -0.1) is 0 Å². The number of rotatable bonds is 4. The second-order valence-corrected chi connectivity index (χ2v) is 7.24. The van der Waals surface area contributed by atoms with E-state index in [2.05, 4.69) is 28.2 Å². The Morgan fingerprint density at radius 3 is 2.72 bits per heavy atom. The van der Waals surface area contributed by atoms with Crippen LogP contribution in [0.3, 0.4) is 0 Å². The van der Waals surface area contributed by atoms with E-state index in [1.807, 2.05) is 24.3 Å². The summed E-state index contributed by atoms with van der Waals surface area (Å²) in [6.07, 6.45) is 9.90. The van der Waals surface area contributed by atoms with Gasteiger partial charge in [0.15, 0.2) is 0 Å². The molecule has 0 unspecified atom stereocenters. The van der Waals surface area contributed by atoms with E-state index in [9.17, 15) is 4.79 Å². The smallest absolute Gasteiger partial charge is 0.270 e. The Hall–Kier alpha value is -2.04. The van der Waals surface area contributed by atoms with E-state index in [0.29, 0.717) is 11.6 Å². The van der Waals surface area contributed by atoms with Crippen LogP contribution in [0.1, 0.15) is 29.7 Å². The molecule has 1 aliphatic carbocycles. The van der Waals surface area contributed by atoms with Crippen molar-refractivity contribution in [3.05, 3.63) is 80.3 Å². The van der Waals surface area contributed by atoms with Gasteiger partial charge in [-0.25, -0.2) is 4.68 Å². The van der Waals surface area contributed by atoms with E-state index in [-0.39, 0.29) is 5.56 Å². The number of aromatic nitrogens is 2. The number of aromatic amines is 1. The van der Waals surface area contributed by atoms with Crippen LogP contribution < -0.4 is 5.56 Å². The number of hydrogen-bond acceptors (Lipinski definition) is 2. The van der Waals surface area contributed by atoms with Crippen LogP contribution >= 0.6 is 11.6 Å². The molecular weight excluding hydrogens is 334 g/mol. The molecule has 1 aromatic carbocycles. The van der Waals surface area contributed by atoms with Crippen molar-refractivity contribution in [2.24, 2.45) is 0 Å². The van der Waals surface area contributed by atoms with Gasteiger partial charge in [-0.05, 0) is 42.5 Å². The lowest BCUT2D eigenvalue weighted by Gasteiger charge is -2.26. The second-order valence-electron chi connectivity index (χ2n) is 6.81. The van der Waals surface area contributed by atoms with Crippen LogP contribution in [0.4, 0.5) is 0 Å². The minimum atomic E-state index is 0.112. The van der Waals surface area contributed by atoms with Gasteiger partial charge in [0.05, 0.1) is 12.2 Å². The molecule has 5 heteroatoms. The molecule has 0 saturated carbocycles. The quantitative estimate of drug-likeness (QED) is 0.911. The van der Waals surface area contributed by atoms with Crippen LogP contribution in [0, 0.1) is 0 Å². The Balaban J connectivity index is 1.49. The maximum Gasteiger partial charge on any atom is 0.270 e. The molecule has 2 aromatic rings. The highest BCUT2D eigenvalue weighted by molar-refractivity contribution is 6.30. The van der Waals surface area contributed by atoms with Crippen molar-refractivity contribution < 1.29 is 0 Å². The summed E-state index contributed by atoms with van der Waals surface area (Å²) >= 11 is 5.93. The highest BCUT2D eigenvalue weighted by Crippen LogP contribution is 2.18. The zero-order valence-corrected chi connectivity index (χ0v) is 14.9. The molecule has 0 radical (unpaired) electrons. The third-order valence-electron chi connectivity index (χ3n) is 4.93. The molecule has 4 rings (SSSR count). The Morgan fingerprint density at radius 1 is 1.12 bits per heavy atom. The Bertz CT molecular complexity index is 873. The maximum absolute atomic E-state index is 12.6. The number of hydrogen-bond donors (Lipinski definition) is 1. The zero-order chi connectivity index (χ0) is 17.2. The molecule has 2 heterocycles. The molecule has 1 aromatic heterocycles. The van der Waals surface area contributed by atoms with Crippen molar-refractivity contribution in [2.45, 2.75) is 32.4 Å². The summed E-state index contributed by atoms with van der Waals surface area (Å²) in [5.41, 5.74) is 4.57. The molecule has 130 valence electrons. The summed E-state index contributed by atoms with van der Waals surface area (Å²) in [5, 5.41) is 4.04. The fraction of sp³-hybridized carbons (Fsp3) is 0.350. The lowest BCUT2D eigenvalue weighted by atomic mass is 10.0. The summed E-state index contributed by atoms with van der Waals surface area (Å²) in [6.45, 7) is 3.26. The molecule has 0 atom stereocenters. The van der Waals surface area contributed by atoms with Crippen LogP contribution in [-0.2, 0) is 19.5 Å². The van der Waals surface area contributed by atoms with Gasteiger partial charge in [0.2, 0.25) is 0 Å². The van der Waals surface area contributed by atoms with Gasteiger partial charge in [0.1, 0.15) is 0 Å². The molecule has 0 bridgehead atoms. The number of nitrogens with zero attached hydrogens (tertiary/aromatic N) is 2. The molecule has 1 N–H and O–H groups in total. The molecule has 0 spiro atoms. The predicted molar refractivity (Wildman–Crippen MR) is 101 cm³/mol. The zero-order valence-electron chi connectivity index (χ0n) is 14.2. The number of nitrogens with one attached hydrogen (secondary N) is 1. The van der Waals surface area contributed by atoms with Crippen molar-refractivity contribution in [3.8, 4) is 0 Å². The van der Waals surface area contributed by atoms with Crippen molar-refractivity contribution >= 4 is 11.6 Å². The first-order chi connectivity index (χ1) is 12.2. The fourth-order valence-electron chi connectivity index (χ4n) is 3.60. The second kappa shape index (κ2) is 7.06. The van der Waals surface area contributed by atoms with Crippen LogP contribution in [0.5, 0.6) is 0 Å². The lowest BCUT2D eigenvalue weighted by Crippen LogP contribution is -2.33. The van der Waals surface area contributed by atoms with Gasteiger partial charge in [-0.1, -0.05) is 42.0 Å². The van der Waals surface area contributed by atoms with E-state index in [0.717, 1.165) is 55.7 Å². The first kappa shape index (κ1) is 16.4. The third-order valence-corrected chi connectivity index (χ3v) is 5.18. The van der Waals surface area contributed by atoms with E-state index < -0.39 is 0 Å². The first-order valence-electron chi connectivity index (χ1n) is 8.82. The molecule has 0 saturated heterocycles. The highest BCUT2D eigenvalue weighted by Gasteiger charge is 2.22. The molecule has 0 amide bonds. The van der Waals surface area contributed by atoms with Gasteiger partial charge in [-0.2, -0.15) is 0 Å². The summed E-state index contributed by atoms with van der Waals surface area (Å²) < 4.78 is 1.72. The number of benzene rings is 1. The monoisotopic (exact) mass is 355 g/mol. The van der Waals surface area contributed by atoms with Crippen molar-refractivity contribution in [2.75, 3.05) is 13.1 Å². The summed E-state index contributed by atoms with van der Waals surface area (Å²) in [5.74, 6) is 0. The molecule has 4 nitrogen and oxygen atoms in total. The van der Waals surface area contributed by atoms with Crippen LogP contribution in [-0.4, -0.2) is 27.8 Å². The van der Waals surface area contributed by atoms with Gasteiger partial charge >= 0.3 is 0 Å². The van der Waals surface area contributed by atoms with E-state index >= 15 is 0 Å². The number of H-pyrrole nitrogens is 1. The number of allylic oxidation sites excluding steroid dienone is 2. The molecule has 25 heavy (non-hydrogen) atoms. The Morgan fingerprint density at radius 2 is 1.96 bits per heavy atom. The average molecular weight is 356 g/mol. The van der Waals surface area contributed by atoms with E-state index in [4.69, 9.17) is 11.6 Å². The van der Waals surface area contributed by atoms with Crippen LogP contribution in [0.2, 0.25) is 5.02 Å². The average Bonchev–Trinajstić information content (AvgIpc) is 2.93. The summed E-state index contributed by atoms with van der Waals surface area (Å²) in [6, 6.07) is 7.64. The Labute approximate surface area is 152 Å². The Kier molecular flexibility index (Phi) is 4.64. The summed E-state index contributed by atoms with van der Waals surface area (Å²) in [7, 11) is 0. The fourth-order valence-corrected chi connectivity index (χ4v) is 3.72. The van der Waals surface area contributed by atoms with E-state index in [1.165, 1.54) is 5.57 Å². The van der Waals surface area contributed by atoms with Crippen molar-refractivity contribution in [1.29, 1.82) is 0 Å². The van der Waals surface area contributed by atoms with Gasteiger partial charge in [-0.3, -0.25) is 14.8 Å². The number of halogens is 1. The van der Waals surface area contributed by atoms with Crippen LogP contribution in [0.25, 0.3) is 0 Å². The largest absolute Gasteiger partial charge is 0.298 e. The van der Waals surface area contributed by atoms with Crippen molar-refractivity contribution in [1.82, 2.24) is 14.7 Å². The van der Waals surface area contributed by atoms with Crippen molar-refractivity contribution in [3.63, 3.8) is 0 Å². The normalized spacial score (nSPS) is 17.4. The standard InChI is InChI=1S/C20H22ClN3O/c21-17-8-6-16(7-9-17)13-24-20(25)18-10-11-23(14-19(18)22-24)12-15-4-2-1-3-5-15/h2,4-9,22H,1,3,10-14H2. The first-order valence-corrected chi connectivity index (χ1v) is 9.20. The van der Waals surface area contributed by atoms with Crippen LogP contribution in [0.15, 0.2) is 52.9 Å². The van der Waals surface area contributed by atoms with Gasteiger partial charge in [0, 0.05) is 30.2 Å². The van der Waals surface area contributed by atoms with Gasteiger partial charge < -0.3 is 0 Å². The topological polar surface area (TPSA) is 41.0 Å². The lowest BCUT2D eigenvalue weighted by molar-refractivity contribution is 0.273. The third kappa shape index (κ3) is 3.65. The molecule has 1 aliphatic heterocycles. The van der Waals surface area contributed by atoms with Gasteiger partial charge in [0.25, 0.3) is 5.56 Å².